The molecule has 0 atom stereocenters. The molecule has 7 rings (SSSR count). The minimum Gasteiger partial charge on any atom is -0.474 e. The quantitative estimate of drug-likeness (QED) is 0.284. The van der Waals surface area contributed by atoms with Crippen LogP contribution in [0.25, 0.3) is 33.1 Å². The van der Waals surface area contributed by atoms with Gasteiger partial charge in [0.2, 0.25) is 5.88 Å². The highest BCUT2D eigenvalue weighted by molar-refractivity contribution is 6.06. The second kappa shape index (κ2) is 11.3. The summed E-state index contributed by atoms with van der Waals surface area (Å²) in [4.78, 5) is 39.0. The predicted molar refractivity (Wildman–Crippen MR) is 163 cm³/mol. The first kappa shape index (κ1) is 26.3. The topological polar surface area (TPSA) is 124 Å². The Labute approximate surface area is 243 Å². The summed E-state index contributed by atoms with van der Waals surface area (Å²) in [7, 11) is 2.14. The van der Waals surface area contributed by atoms with Crippen molar-refractivity contribution in [3.8, 4) is 17.0 Å². The zero-order chi connectivity index (χ0) is 28.5. The van der Waals surface area contributed by atoms with Crippen LogP contribution in [-0.2, 0) is 0 Å². The maximum Gasteiger partial charge on any atom is 0.255 e. The third-order valence-corrected chi connectivity index (χ3v) is 8.09. The van der Waals surface area contributed by atoms with E-state index in [-0.39, 0.29) is 12.0 Å². The van der Waals surface area contributed by atoms with Crippen LogP contribution < -0.4 is 20.3 Å². The average molecular weight is 564 g/mol. The Kier molecular flexibility index (Phi) is 7.10. The maximum atomic E-state index is 13.2. The maximum absolute atomic E-state index is 13.2. The molecule has 5 aromatic rings. The lowest BCUT2D eigenvalue weighted by atomic mass is 10.0. The lowest BCUT2D eigenvalue weighted by molar-refractivity contribution is 0.102. The molecule has 1 amide bonds. The number of hydrogen-bond acceptors (Lipinski definition) is 9. The number of hydrogen-bond donors (Lipinski definition) is 3. The molecule has 2 aliphatic rings. The molecule has 2 saturated heterocycles. The first-order valence-corrected chi connectivity index (χ1v) is 14.4. The number of aromatic amines is 1. The third-order valence-electron chi connectivity index (χ3n) is 8.09. The van der Waals surface area contributed by atoms with E-state index in [0.717, 1.165) is 91.0 Å². The highest BCUT2D eigenvalue weighted by atomic mass is 16.5. The molecule has 0 aliphatic carbocycles. The minimum absolute atomic E-state index is 0.139. The molecule has 1 aromatic carbocycles. The van der Waals surface area contributed by atoms with E-state index < -0.39 is 0 Å². The average Bonchev–Trinajstić information content (AvgIpc) is 3.46. The number of piperidine rings is 1. The second-order valence-corrected chi connectivity index (χ2v) is 10.9. The van der Waals surface area contributed by atoms with Crippen LogP contribution in [0.3, 0.4) is 0 Å². The summed E-state index contributed by atoms with van der Waals surface area (Å²) in [5.74, 6) is 1.22. The number of H-pyrrole nitrogens is 1. The van der Waals surface area contributed by atoms with Crippen molar-refractivity contribution < 1.29 is 9.53 Å². The number of nitrogens with zero attached hydrogens (tertiary/aromatic N) is 6. The number of benzene rings is 1. The number of piperazine rings is 1. The molecular weight excluding hydrogens is 530 g/mol. The number of pyridine rings is 2. The number of ether oxygens (including phenoxy) is 1. The predicted octanol–water partition coefficient (Wildman–Crippen LogP) is 3.70. The third kappa shape index (κ3) is 5.36. The molecule has 214 valence electrons. The van der Waals surface area contributed by atoms with E-state index in [1.165, 1.54) is 0 Å². The van der Waals surface area contributed by atoms with Gasteiger partial charge in [0.1, 0.15) is 23.9 Å². The van der Waals surface area contributed by atoms with Gasteiger partial charge >= 0.3 is 0 Å². The van der Waals surface area contributed by atoms with Gasteiger partial charge in [0, 0.05) is 68.2 Å². The SMILES string of the molecule is CN1CCC(Oc2ncnc3ccc(-c4c[nH]c5ncc(NC(=O)c6ccnc(N7CCNCC7)c6)cc45)cc23)CC1. The molecule has 2 aliphatic heterocycles. The van der Waals surface area contributed by atoms with Crippen molar-refractivity contribution in [1.29, 1.82) is 0 Å². The smallest absolute Gasteiger partial charge is 0.255 e. The van der Waals surface area contributed by atoms with Gasteiger partial charge in [-0.1, -0.05) is 6.07 Å². The van der Waals surface area contributed by atoms with E-state index in [2.05, 4.69) is 58.5 Å². The monoisotopic (exact) mass is 563 g/mol. The summed E-state index contributed by atoms with van der Waals surface area (Å²) in [5.41, 5.74) is 4.69. The van der Waals surface area contributed by atoms with Crippen LogP contribution in [-0.4, -0.2) is 88.1 Å². The zero-order valence-electron chi connectivity index (χ0n) is 23.5. The second-order valence-electron chi connectivity index (χ2n) is 10.9. The van der Waals surface area contributed by atoms with Crippen LogP contribution in [0.1, 0.15) is 23.2 Å². The summed E-state index contributed by atoms with van der Waals surface area (Å²) in [6, 6.07) is 11.6. The van der Waals surface area contributed by atoms with Crippen molar-refractivity contribution >= 4 is 39.3 Å². The van der Waals surface area contributed by atoms with E-state index in [4.69, 9.17) is 4.74 Å². The number of anilines is 2. The molecule has 0 bridgehead atoms. The van der Waals surface area contributed by atoms with Gasteiger partial charge in [-0.05, 0) is 55.8 Å². The molecule has 2 fully saturated rings. The number of nitrogens with one attached hydrogen (secondary N) is 3. The van der Waals surface area contributed by atoms with Crippen molar-refractivity contribution in [3.05, 3.63) is 66.9 Å². The molecule has 42 heavy (non-hydrogen) atoms. The first-order chi connectivity index (χ1) is 20.6. The van der Waals surface area contributed by atoms with Gasteiger partial charge in [-0.3, -0.25) is 4.79 Å². The Balaban J connectivity index is 1.15. The summed E-state index contributed by atoms with van der Waals surface area (Å²) in [6.45, 7) is 5.56. The van der Waals surface area contributed by atoms with Gasteiger partial charge in [-0.25, -0.2) is 19.9 Å². The van der Waals surface area contributed by atoms with E-state index >= 15 is 0 Å². The summed E-state index contributed by atoms with van der Waals surface area (Å²) < 4.78 is 6.37. The van der Waals surface area contributed by atoms with Gasteiger partial charge in [-0.2, -0.15) is 0 Å². The number of amides is 1. The standard InChI is InChI=1S/C31H33N9O2/c1-39-10-5-23(6-11-39)42-31-25-14-20(2-3-27(25)36-19-37-31)26-18-35-29-24(26)16-22(17-34-29)38-30(41)21-4-7-33-28(15-21)40-12-8-32-9-13-40/h2-4,7,14-19,23,32H,5-6,8-13H2,1H3,(H,34,35)(H,38,41). The molecule has 3 N–H and O–H groups in total. The number of rotatable bonds is 6. The first-order valence-electron chi connectivity index (χ1n) is 14.4. The Morgan fingerprint density at radius 2 is 1.83 bits per heavy atom. The van der Waals surface area contributed by atoms with Crippen LogP contribution in [0.2, 0.25) is 0 Å². The van der Waals surface area contributed by atoms with Crippen LogP contribution in [0.5, 0.6) is 5.88 Å². The Bertz CT molecular complexity index is 1740. The van der Waals surface area contributed by atoms with Gasteiger partial charge in [-0.15, -0.1) is 0 Å². The number of likely N-dealkylation sites (tertiary alicyclic amines) is 1. The minimum atomic E-state index is -0.203. The number of fused-ring (bicyclic) bond motifs is 2. The molecule has 11 nitrogen and oxygen atoms in total. The van der Waals surface area contributed by atoms with Crippen molar-refractivity contribution in [1.82, 2.24) is 35.1 Å². The fraction of sp³-hybridized carbons (Fsp3) is 0.323. The highest BCUT2D eigenvalue weighted by Crippen LogP contribution is 2.34. The van der Waals surface area contributed by atoms with E-state index in [9.17, 15) is 4.79 Å². The summed E-state index contributed by atoms with van der Waals surface area (Å²) in [5, 5.41) is 8.13. The van der Waals surface area contributed by atoms with Gasteiger partial charge in [0.05, 0.1) is 22.8 Å². The molecule has 11 heteroatoms. The molecule has 0 unspecified atom stereocenters. The van der Waals surface area contributed by atoms with Gasteiger partial charge in [0.15, 0.2) is 0 Å². The van der Waals surface area contributed by atoms with E-state index in [0.29, 0.717) is 17.1 Å². The lowest BCUT2D eigenvalue weighted by Gasteiger charge is -2.29. The van der Waals surface area contributed by atoms with Crippen LogP contribution in [0.4, 0.5) is 11.5 Å². The lowest BCUT2D eigenvalue weighted by Crippen LogP contribution is -2.43. The molecule has 6 heterocycles. The van der Waals surface area contributed by atoms with Gasteiger partial charge in [0.25, 0.3) is 5.91 Å². The Morgan fingerprint density at radius 1 is 0.976 bits per heavy atom. The molecule has 0 radical (unpaired) electrons. The summed E-state index contributed by atoms with van der Waals surface area (Å²) >= 11 is 0. The van der Waals surface area contributed by atoms with Crippen molar-refractivity contribution in [2.45, 2.75) is 18.9 Å². The van der Waals surface area contributed by atoms with Crippen molar-refractivity contribution in [3.63, 3.8) is 0 Å². The zero-order valence-corrected chi connectivity index (χ0v) is 23.5. The molecule has 4 aromatic heterocycles. The number of carbonyl (C=O) groups excluding carboxylic acids is 1. The molecule has 0 saturated carbocycles. The molecule has 0 spiro atoms. The fourth-order valence-electron chi connectivity index (χ4n) is 5.70. The van der Waals surface area contributed by atoms with E-state index in [1.807, 2.05) is 30.5 Å². The van der Waals surface area contributed by atoms with Gasteiger partial charge < -0.3 is 30.2 Å². The Morgan fingerprint density at radius 3 is 2.69 bits per heavy atom. The Hall–Kier alpha value is -4.61. The molecular formula is C31H33N9O2. The number of aromatic nitrogens is 5. The normalized spacial score (nSPS) is 16.6. The summed E-state index contributed by atoms with van der Waals surface area (Å²) in [6.07, 6.45) is 8.94. The number of carbonyl (C=O) groups is 1. The van der Waals surface area contributed by atoms with Crippen molar-refractivity contribution in [2.75, 3.05) is 56.5 Å². The van der Waals surface area contributed by atoms with Crippen LogP contribution in [0.15, 0.2) is 61.3 Å². The fourth-order valence-corrected chi connectivity index (χ4v) is 5.70. The van der Waals surface area contributed by atoms with Crippen molar-refractivity contribution in [2.24, 2.45) is 0 Å². The van der Waals surface area contributed by atoms with E-state index in [1.54, 1.807) is 24.8 Å². The van der Waals surface area contributed by atoms with Crippen LogP contribution >= 0.6 is 0 Å². The largest absolute Gasteiger partial charge is 0.474 e. The highest BCUT2D eigenvalue weighted by Gasteiger charge is 2.20. The van der Waals surface area contributed by atoms with Crippen LogP contribution in [0, 0.1) is 0 Å².